The van der Waals surface area contributed by atoms with Gasteiger partial charge in [-0.25, -0.2) is 8.42 Å². The number of carbonyl (C=O) groups is 1. The minimum Gasteiger partial charge on any atom is -0.383 e. The molecule has 0 saturated heterocycles. The second kappa shape index (κ2) is 10.0. The molecule has 152 valence electrons. The molecule has 2 aromatic carbocycles. The molecule has 28 heavy (non-hydrogen) atoms. The van der Waals surface area contributed by atoms with Crippen LogP contribution in [0, 0.1) is 6.92 Å². The zero-order chi connectivity index (χ0) is 20.7. The number of rotatable bonds is 9. The van der Waals surface area contributed by atoms with Gasteiger partial charge >= 0.3 is 0 Å². The van der Waals surface area contributed by atoms with E-state index in [1.807, 2.05) is 6.92 Å². The topological polar surface area (TPSA) is 75.7 Å². The van der Waals surface area contributed by atoms with Crippen LogP contribution in [0.1, 0.15) is 18.1 Å². The summed E-state index contributed by atoms with van der Waals surface area (Å²) in [4.78, 5) is 12.6. The fourth-order valence-electron chi connectivity index (χ4n) is 2.67. The summed E-state index contributed by atoms with van der Waals surface area (Å²) in [7, 11) is -2.36. The Balaban J connectivity index is 2.31. The van der Waals surface area contributed by atoms with Crippen molar-refractivity contribution >= 4 is 27.5 Å². The number of hydrogen-bond donors (Lipinski definition) is 1. The first kappa shape index (κ1) is 22.4. The summed E-state index contributed by atoms with van der Waals surface area (Å²) in [6.45, 7) is 3.66. The maximum Gasteiger partial charge on any atom is 0.243 e. The number of sulfonamides is 1. The fourth-order valence-corrected chi connectivity index (χ4v) is 4.24. The maximum absolute atomic E-state index is 13.2. The number of halogens is 1. The number of ether oxygens (including phenoxy) is 1. The van der Waals surface area contributed by atoms with E-state index in [-0.39, 0.29) is 24.0 Å². The van der Waals surface area contributed by atoms with Crippen LogP contribution in [0.15, 0.2) is 53.4 Å². The zero-order valence-corrected chi connectivity index (χ0v) is 17.8. The summed E-state index contributed by atoms with van der Waals surface area (Å²) in [5.41, 5.74) is 1.57. The predicted octanol–water partition coefficient (Wildman–Crippen LogP) is 2.99. The van der Waals surface area contributed by atoms with Crippen molar-refractivity contribution in [2.45, 2.75) is 31.3 Å². The van der Waals surface area contributed by atoms with Gasteiger partial charge in [0.1, 0.15) is 0 Å². The molecule has 0 spiro atoms. The van der Waals surface area contributed by atoms with Gasteiger partial charge < -0.3 is 10.1 Å². The van der Waals surface area contributed by atoms with Crippen molar-refractivity contribution in [2.24, 2.45) is 0 Å². The molecule has 0 fully saturated rings. The first-order chi connectivity index (χ1) is 13.2. The number of aryl methyl sites for hydroxylation is 1. The molecule has 2 rings (SSSR count). The van der Waals surface area contributed by atoms with Crippen molar-refractivity contribution in [3.05, 3.63) is 64.7 Å². The lowest BCUT2D eigenvalue weighted by molar-refractivity contribution is -0.122. The Labute approximate surface area is 171 Å². The van der Waals surface area contributed by atoms with Crippen molar-refractivity contribution in [3.63, 3.8) is 0 Å². The summed E-state index contributed by atoms with van der Waals surface area (Å²) in [6.07, 6.45) is 0. The fraction of sp³-hybridized carbons (Fsp3) is 0.350. The Morgan fingerprint density at radius 3 is 2.43 bits per heavy atom. The Kier molecular flexibility index (Phi) is 8.00. The van der Waals surface area contributed by atoms with Gasteiger partial charge in [0.15, 0.2) is 0 Å². The van der Waals surface area contributed by atoms with E-state index in [9.17, 15) is 13.2 Å². The molecule has 0 aliphatic rings. The third-order valence-corrected chi connectivity index (χ3v) is 6.28. The lowest BCUT2D eigenvalue weighted by atomic mass is 10.2. The van der Waals surface area contributed by atoms with Crippen LogP contribution in [0.5, 0.6) is 0 Å². The van der Waals surface area contributed by atoms with Crippen LogP contribution in [-0.4, -0.2) is 44.9 Å². The van der Waals surface area contributed by atoms with Crippen LogP contribution in [0.2, 0.25) is 5.02 Å². The van der Waals surface area contributed by atoms with E-state index < -0.39 is 15.9 Å². The van der Waals surface area contributed by atoms with E-state index in [1.165, 1.54) is 19.2 Å². The van der Waals surface area contributed by atoms with Crippen LogP contribution < -0.4 is 5.32 Å². The number of carbonyl (C=O) groups excluding carboxylic acids is 1. The van der Waals surface area contributed by atoms with Crippen LogP contribution in [0.3, 0.4) is 0 Å². The Bertz CT molecular complexity index is 901. The summed E-state index contributed by atoms with van der Waals surface area (Å²) in [6, 6.07) is 13.3. The number of nitrogens with zero attached hydrogens (tertiary/aromatic N) is 1. The molecule has 6 nitrogen and oxygen atoms in total. The predicted molar refractivity (Wildman–Crippen MR) is 110 cm³/mol. The molecule has 0 aliphatic heterocycles. The molecule has 1 N–H and O–H groups in total. The van der Waals surface area contributed by atoms with Crippen LogP contribution in [-0.2, 0) is 26.1 Å². The molecule has 0 unspecified atom stereocenters. The van der Waals surface area contributed by atoms with E-state index >= 15 is 0 Å². The van der Waals surface area contributed by atoms with Gasteiger partial charge in [-0.3, -0.25) is 4.79 Å². The second-order valence-corrected chi connectivity index (χ2v) is 8.95. The summed E-state index contributed by atoms with van der Waals surface area (Å²) in [5, 5.41) is 3.19. The maximum atomic E-state index is 13.2. The van der Waals surface area contributed by atoms with E-state index in [0.29, 0.717) is 17.2 Å². The van der Waals surface area contributed by atoms with Crippen molar-refractivity contribution in [2.75, 3.05) is 20.3 Å². The Morgan fingerprint density at radius 1 is 1.18 bits per heavy atom. The van der Waals surface area contributed by atoms with Crippen molar-refractivity contribution in [1.29, 1.82) is 0 Å². The number of methoxy groups -OCH3 is 1. The molecular weight excluding hydrogens is 400 g/mol. The third-order valence-electron chi connectivity index (χ3n) is 4.11. The van der Waals surface area contributed by atoms with Gasteiger partial charge in [-0.2, -0.15) is 4.31 Å². The molecular formula is C20H25ClN2O4S. The molecule has 0 aromatic heterocycles. The van der Waals surface area contributed by atoms with Gasteiger partial charge in [-0.15, -0.1) is 0 Å². The first-order valence-corrected chi connectivity index (χ1v) is 10.6. The standard InChI is InChI=1S/C20H25ClN2O4S/c1-15-8-10-18(11-9-15)28(25,26)23(12-17-6-4-5-7-19(17)21)13-20(24)22-16(2)14-27-3/h4-11,16H,12-14H2,1-3H3,(H,22,24)/t16-/m1/s1. The second-order valence-electron chi connectivity index (χ2n) is 6.60. The van der Waals surface area contributed by atoms with E-state index in [2.05, 4.69) is 5.32 Å². The van der Waals surface area contributed by atoms with E-state index in [1.54, 1.807) is 43.3 Å². The molecule has 0 heterocycles. The monoisotopic (exact) mass is 424 g/mol. The smallest absolute Gasteiger partial charge is 0.243 e. The number of hydrogen-bond acceptors (Lipinski definition) is 4. The summed E-state index contributed by atoms with van der Waals surface area (Å²) in [5.74, 6) is -0.410. The number of benzene rings is 2. The normalized spacial score (nSPS) is 12.8. The highest BCUT2D eigenvalue weighted by atomic mass is 35.5. The molecule has 0 bridgehead atoms. The Hall–Kier alpha value is -1.93. The summed E-state index contributed by atoms with van der Waals surface area (Å²) < 4.78 is 32.5. The molecule has 2 aromatic rings. The largest absolute Gasteiger partial charge is 0.383 e. The molecule has 1 amide bonds. The van der Waals surface area contributed by atoms with Crippen LogP contribution in [0.4, 0.5) is 0 Å². The highest BCUT2D eigenvalue weighted by molar-refractivity contribution is 7.89. The zero-order valence-electron chi connectivity index (χ0n) is 16.2. The van der Waals surface area contributed by atoms with Crippen LogP contribution in [0.25, 0.3) is 0 Å². The van der Waals surface area contributed by atoms with Crippen molar-refractivity contribution in [3.8, 4) is 0 Å². The quantitative estimate of drug-likeness (QED) is 0.671. The minimum absolute atomic E-state index is 0.0119. The molecule has 1 atom stereocenters. The SMILES string of the molecule is COC[C@@H](C)NC(=O)CN(Cc1ccccc1Cl)S(=O)(=O)c1ccc(C)cc1. The van der Waals surface area contributed by atoms with Crippen molar-refractivity contribution in [1.82, 2.24) is 9.62 Å². The van der Waals surface area contributed by atoms with Gasteiger partial charge in [0.05, 0.1) is 18.0 Å². The van der Waals surface area contributed by atoms with Gasteiger partial charge in [0.2, 0.25) is 15.9 Å². The lowest BCUT2D eigenvalue weighted by Gasteiger charge is -2.23. The van der Waals surface area contributed by atoms with Crippen LogP contribution >= 0.6 is 11.6 Å². The first-order valence-electron chi connectivity index (χ1n) is 8.82. The third kappa shape index (κ3) is 6.04. The van der Waals surface area contributed by atoms with Gasteiger partial charge in [0, 0.05) is 24.7 Å². The number of nitrogens with one attached hydrogen (secondary N) is 1. The summed E-state index contributed by atoms with van der Waals surface area (Å²) >= 11 is 6.21. The lowest BCUT2D eigenvalue weighted by Crippen LogP contribution is -2.44. The highest BCUT2D eigenvalue weighted by Crippen LogP contribution is 2.22. The number of amides is 1. The van der Waals surface area contributed by atoms with Gasteiger partial charge in [-0.05, 0) is 37.6 Å². The molecule has 0 saturated carbocycles. The van der Waals surface area contributed by atoms with E-state index in [4.69, 9.17) is 16.3 Å². The molecule has 8 heteroatoms. The van der Waals surface area contributed by atoms with E-state index in [0.717, 1.165) is 9.87 Å². The average Bonchev–Trinajstić information content (AvgIpc) is 2.63. The molecule has 0 aliphatic carbocycles. The Morgan fingerprint density at radius 2 is 1.82 bits per heavy atom. The van der Waals surface area contributed by atoms with Crippen molar-refractivity contribution < 1.29 is 17.9 Å². The minimum atomic E-state index is -3.89. The average molecular weight is 425 g/mol. The molecule has 0 radical (unpaired) electrons. The van der Waals surface area contributed by atoms with Gasteiger partial charge in [0.25, 0.3) is 0 Å². The highest BCUT2D eigenvalue weighted by Gasteiger charge is 2.27. The van der Waals surface area contributed by atoms with Gasteiger partial charge in [-0.1, -0.05) is 47.5 Å².